The Morgan fingerprint density at radius 2 is 2.32 bits per heavy atom. The third-order valence-corrected chi connectivity index (χ3v) is 3.49. The van der Waals surface area contributed by atoms with Crippen LogP contribution in [0.3, 0.4) is 0 Å². The van der Waals surface area contributed by atoms with E-state index in [0.29, 0.717) is 0 Å². The molecule has 1 aliphatic rings. The van der Waals surface area contributed by atoms with Gasteiger partial charge in [0.15, 0.2) is 0 Å². The molecule has 2 N–H and O–H groups in total. The van der Waals surface area contributed by atoms with E-state index in [2.05, 4.69) is 15.3 Å². The minimum absolute atomic E-state index is 0.173. The van der Waals surface area contributed by atoms with Gasteiger partial charge in [0.1, 0.15) is 11.6 Å². The van der Waals surface area contributed by atoms with E-state index in [0.717, 1.165) is 30.0 Å². The number of benzene rings is 1. The van der Waals surface area contributed by atoms with Gasteiger partial charge in [-0.25, -0.2) is 9.37 Å². The SMILES string of the molecule is CO[C@H]1CNC(c2ncc(-c3cccc(F)c3)[nH]2)C1. The molecule has 0 spiro atoms. The Morgan fingerprint density at radius 1 is 1.42 bits per heavy atom. The number of nitrogens with zero attached hydrogens (tertiary/aromatic N) is 1. The normalized spacial score (nSPS) is 22.8. The summed E-state index contributed by atoms with van der Waals surface area (Å²) < 4.78 is 18.5. The third-order valence-electron chi connectivity index (χ3n) is 3.49. The van der Waals surface area contributed by atoms with Crippen molar-refractivity contribution >= 4 is 0 Å². The molecule has 1 aromatic heterocycles. The Kier molecular flexibility index (Phi) is 3.31. The van der Waals surface area contributed by atoms with Gasteiger partial charge in [-0.1, -0.05) is 12.1 Å². The van der Waals surface area contributed by atoms with E-state index in [1.807, 2.05) is 6.07 Å². The summed E-state index contributed by atoms with van der Waals surface area (Å²) in [4.78, 5) is 7.62. The second-order valence-corrected chi connectivity index (χ2v) is 4.75. The molecule has 1 aromatic carbocycles. The summed E-state index contributed by atoms with van der Waals surface area (Å²) in [7, 11) is 1.72. The molecule has 0 amide bonds. The molecule has 1 fully saturated rings. The molecule has 4 nitrogen and oxygen atoms in total. The van der Waals surface area contributed by atoms with Gasteiger partial charge in [-0.3, -0.25) is 0 Å². The van der Waals surface area contributed by atoms with E-state index in [-0.39, 0.29) is 18.0 Å². The highest BCUT2D eigenvalue weighted by Crippen LogP contribution is 2.25. The molecule has 19 heavy (non-hydrogen) atoms. The summed E-state index contributed by atoms with van der Waals surface area (Å²) in [6, 6.07) is 6.66. The van der Waals surface area contributed by atoms with Crippen LogP contribution in [0.15, 0.2) is 30.5 Å². The van der Waals surface area contributed by atoms with Gasteiger partial charge >= 0.3 is 0 Å². The molecule has 5 heteroatoms. The van der Waals surface area contributed by atoms with Crippen LogP contribution in [-0.4, -0.2) is 29.7 Å². The van der Waals surface area contributed by atoms with Gasteiger partial charge in [-0.2, -0.15) is 0 Å². The number of aromatic amines is 1. The van der Waals surface area contributed by atoms with Crippen molar-refractivity contribution in [3.8, 4) is 11.3 Å². The highest BCUT2D eigenvalue weighted by molar-refractivity contribution is 5.58. The molecule has 0 saturated carbocycles. The topological polar surface area (TPSA) is 49.9 Å². The van der Waals surface area contributed by atoms with Gasteiger partial charge in [0.05, 0.1) is 24.0 Å². The van der Waals surface area contributed by atoms with Gasteiger partial charge < -0.3 is 15.0 Å². The van der Waals surface area contributed by atoms with Crippen molar-refractivity contribution < 1.29 is 9.13 Å². The largest absolute Gasteiger partial charge is 0.380 e. The lowest BCUT2D eigenvalue weighted by molar-refractivity contribution is 0.117. The number of imidazole rings is 1. The molecule has 1 saturated heterocycles. The highest BCUT2D eigenvalue weighted by Gasteiger charge is 2.27. The van der Waals surface area contributed by atoms with Crippen molar-refractivity contribution in [1.29, 1.82) is 0 Å². The zero-order chi connectivity index (χ0) is 13.2. The molecule has 0 aliphatic carbocycles. The van der Waals surface area contributed by atoms with Crippen LogP contribution in [0.25, 0.3) is 11.3 Å². The van der Waals surface area contributed by atoms with E-state index in [1.54, 1.807) is 19.4 Å². The maximum atomic E-state index is 13.2. The summed E-state index contributed by atoms with van der Waals surface area (Å²) in [5.74, 6) is 0.630. The number of hydrogen-bond donors (Lipinski definition) is 2. The van der Waals surface area contributed by atoms with Crippen LogP contribution >= 0.6 is 0 Å². The van der Waals surface area contributed by atoms with Crippen LogP contribution in [0.5, 0.6) is 0 Å². The van der Waals surface area contributed by atoms with Crippen molar-refractivity contribution in [2.45, 2.75) is 18.6 Å². The molecule has 1 aliphatic heterocycles. The van der Waals surface area contributed by atoms with E-state index in [4.69, 9.17) is 4.74 Å². The molecule has 2 atom stereocenters. The van der Waals surface area contributed by atoms with Gasteiger partial charge in [-0.15, -0.1) is 0 Å². The van der Waals surface area contributed by atoms with E-state index >= 15 is 0 Å². The number of methoxy groups -OCH3 is 1. The monoisotopic (exact) mass is 261 g/mol. The molecule has 0 bridgehead atoms. The molecular formula is C14H16FN3O. The molecule has 100 valence electrons. The summed E-state index contributed by atoms with van der Waals surface area (Å²) in [6.07, 6.45) is 2.87. The van der Waals surface area contributed by atoms with Gasteiger partial charge in [0.2, 0.25) is 0 Å². The summed E-state index contributed by atoms with van der Waals surface area (Å²) in [5, 5.41) is 3.36. The van der Waals surface area contributed by atoms with Gasteiger partial charge in [0, 0.05) is 19.2 Å². The lowest BCUT2D eigenvalue weighted by atomic mass is 10.1. The first-order chi connectivity index (χ1) is 9.26. The highest BCUT2D eigenvalue weighted by atomic mass is 19.1. The first-order valence-electron chi connectivity index (χ1n) is 6.33. The van der Waals surface area contributed by atoms with Crippen molar-refractivity contribution in [1.82, 2.24) is 15.3 Å². The first kappa shape index (κ1) is 12.3. The molecule has 3 rings (SSSR count). The average molecular weight is 261 g/mol. The number of ether oxygens (including phenoxy) is 1. The second kappa shape index (κ2) is 5.11. The number of halogens is 1. The quantitative estimate of drug-likeness (QED) is 0.891. The van der Waals surface area contributed by atoms with Crippen LogP contribution in [0, 0.1) is 5.82 Å². The zero-order valence-electron chi connectivity index (χ0n) is 10.7. The van der Waals surface area contributed by atoms with Crippen molar-refractivity contribution in [2.24, 2.45) is 0 Å². The number of nitrogens with one attached hydrogen (secondary N) is 2. The molecule has 2 aromatic rings. The third kappa shape index (κ3) is 2.52. The lowest BCUT2D eigenvalue weighted by Gasteiger charge is -2.06. The van der Waals surface area contributed by atoms with Crippen molar-refractivity contribution in [3.05, 3.63) is 42.1 Å². The molecule has 1 unspecified atom stereocenters. The van der Waals surface area contributed by atoms with Crippen LogP contribution in [0.4, 0.5) is 4.39 Å². The standard InChI is InChI=1S/C14H16FN3O/c1-19-11-6-12(16-7-11)14-17-8-13(18-14)9-3-2-4-10(15)5-9/h2-5,8,11-12,16H,6-7H2,1H3,(H,17,18)/t11-,12?/m1/s1. The zero-order valence-corrected chi connectivity index (χ0v) is 10.7. The van der Waals surface area contributed by atoms with Crippen LogP contribution in [-0.2, 0) is 4.74 Å². The Bertz CT molecular complexity index is 569. The molecular weight excluding hydrogens is 245 g/mol. The van der Waals surface area contributed by atoms with Crippen LogP contribution < -0.4 is 5.32 Å². The fraction of sp³-hybridized carbons (Fsp3) is 0.357. The van der Waals surface area contributed by atoms with E-state index in [1.165, 1.54) is 12.1 Å². The predicted octanol–water partition coefficient (Wildman–Crippen LogP) is 2.27. The maximum absolute atomic E-state index is 13.2. The summed E-state index contributed by atoms with van der Waals surface area (Å²) in [6.45, 7) is 0.831. The van der Waals surface area contributed by atoms with E-state index in [9.17, 15) is 4.39 Å². The molecule has 2 heterocycles. The summed E-state index contributed by atoms with van der Waals surface area (Å²) >= 11 is 0. The predicted molar refractivity (Wildman–Crippen MR) is 70.1 cm³/mol. The van der Waals surface area contributed by atoms with Crippen LogP contribution in [0.2, 0.25) is 0 Å². The Balaban J connectivity index is 1.80. The van der Waals surface area contributed by atoms with Crippen molar-refractivity contribution in [2.75, 3.05) is 13.7 Å². The summed E-state index contributed by atoms with van der Waals surface area (Å²) in [5.41, 5.74) is 1.64. The average Bonchev–Trinajstić information content (AvgIpc) is 3.07. The minimum atomic E-state index is -0.243. The second-order valence-electron chi connectivity index (χ2n) is 4.75. The van der Waals surface area contributed by atoms with Crippen molar-refractivity contribution in [3.63, 3.8) is 0 Å². The number of rotatable bonds is 3. The lowest BCUT2D eigenvalue weighted by Crippen LogP contribution is -2.16. The smallest absolute Gasteiger partial charge is 0.123 e. The van der Waals surface area contributed by atoms with E-state index < -0.39 is 0 Å². The van der Waals surface area contributed by atoms with Gasteiger partial charge in [-0.05, 0) is 18.6 Å². The Morgan fingerprint density at radius 3 is 3.05 bits per heavy atom. The minimum Gasteiger partial charge on any atom is -0.380 e. The number of hydrogen-bond acceptors (Lipinski definition) is 3. The maximum Gasteiger partial charge on any atom is 0.123 e. The van der Waals surface area contributed by atoms with Gasteiger partial charge in [0.25, 0.3) is 0 Å². The Labute approximate surface area is 111 Å². The Hall–Kier alpha value is -1.72. The first-order valence-corrected chi connectivity index (χ1v) is 6.33. The number of H-pyrrole nitrogens is 1. The fourth-order valence-corrected chi connectivity index (χ4v) is 2.41. The molecule has 0 radical (unpaired) electrons. The van der Waals surface area contributed by atoms with Crippen LogP contribution in [0.1, 0.15) is 18.3 Å². The number of aromatic nitrogens is 2. The fourth-order valence-electron chi connectivity index (χ4n) is 2.41.